The second kappa shape index (κ2) is 5.46. The number of benzene rings is 1. The van der Waals surface area contributed by atoms with E-state index in [4.69, 9.17) is 4.74 Å². The molecule has 90 valence electrons. The van der Waals surface area contributed by atoms with Crippen LogP contribution in [0, 0.1) is 19.8 Å². The van der Waals surface area contributed by atoms with Crippen molar-refractivity contribution in [1.82, 2.24) is 0 Å². The number of aliphatic hydroxyl groups is 1. The highest BCUT2D eigenvalue weighted by Crippen LogP contribution is 2.27. The predicted molar refractivity (Wildman–Crippen MR) is 66.5 cm³/mol. The third kappa shape index (κ3) is 2.83. The first-order chi connectivity index (χ1) is 7.47. The summed E-state index contributed by atoms with van der Waals surface area (Å²) in [5.74, 6) is 0.292. The van der Waals surface area contributed by atoms with E-state index in [9.17, 15) is 5.11 Å². The summed E-state index contributed by atoms with van der Waals surface area (Å²) in [6.07, 6.45) is -0.703. The van der Waals surface area contributed by atoms with Gasteiger partial charge in [-0.05, 0) is 30.9 Å². The van der Waals surface area contributed by atoms with Crippen LogP contribution in [0.1, 0.15) is 36.6 Å². The lowest BCUT2D eigenvalue weighted by Crippen LogP contribution is -2.27. The first kappa shape index (κ1) is 13.2. The zero-order valence-electron chi connectivity index (χ0n) is 10.8. The summed E-state index contributed by atoms with van der Waals surface area (Å²) in [6, 6.07) is 6.14. The molecule has 0 aliphatic heterocycles. The van der Waals surface area contributed by atoms with E-state index in [0.29, 0.717) is 5.92 Å². The van der Waals surface area contributed by atoms with Crippen LogP contribution in [0.5, 0.6) is 0 Å². The molecule has 2 nitrogen and oxygen atoms in total. The molecule has 0 heterocycles. The number of methoxy groups -OCH3 is 1. The molecule has 0 aromatic heterocycles. The number of ether oxygens (including phenoxy) is 1. The van der Waals surface area contributed by atoms with Crippen molar-refractivity contribution in [1.29, 1.82) is 0 Å². The van der Waals surface area contributed by atoms with Crippen LogP contribution in [0.2, 0.25) is 0 Å². The van der Waals surface area contributed by atoms with Crippen molar-refractivity contribution < 1.29 is 9.84 Å². The Morgan fingerprint density at radius 2 is 1.81 bits per heavy atom. The first-order valence-electron chi connectivity index (χ1n) is 5.75. The Kier molecular flexibility index (Phi) is 4.51. The van der Waals surface area contributed by atoms with Gasteiger partial charge in [0, 0.05) is 7.11 Å². The van der Waals surface area contributed by atoms with Crippen molar-refractivity contribution in [3.05, 3.63) is 34.9 Å². The van der Waals surface area contributed by atoms with Crippen molar-refractivity contribution in [3.63, 3.8) is 0 Å². The van der Waals surface area contributed by atoms with Crippen LogP contribution in [0.4, 0.5) is 0 Å². The third-order valence-corrected chi connectivity index (χ3v) is 2.99. The van der Waals surface area contributed by atoms with E-state index in [2.05, 4.69) is 19.9 Å². The fourth-order valence-corrected chi connectivity index (χ4v) is 2.02. The highest BCUT2D eigenvalue weighted by atomic mass is 16.5. The lowest BCUT2D eigenvalue weighted by molar-refractivity contribution is -0.0393. The van der Waals surface area contributed by atoms with Gasteiger partial charge >= 0.3 is 0 Å². The fraction of sp³-hybridized carbons (Fsp3) is 0.571. The molecule has 0 aliphatic carbocycles. The number of rotatable bonds is 4. The van der Waals surface area contributed by atoms with E-state index >= 15 is 0 Å². The average Bonchev–Trinajstić information content (AvgIpc) is 2.22. The van der Waals surface area contributed by atoms with Gasteiger partial charge in [-0.2, -0.15) is 0 Å². The van der Waals surface area contributed by atoms with Crippen LogP contribution in [0.15, 0.2) is 18.2 Å². The lowest BCUT2D eigenvalue weighted by atomic mass is 9.92. The molecular weight excluding hydrogens is 200 g/mol. The zero-order valence-corrected chi connectivity index (χ0v) is 10.8. The Balaban J connectivity index is 3.02. The Labute approximate surface area is 98.3 Å². The molecule has 0 spiro atoms. The maximum absolute atomic E-state index is 10.3. The van der Waals surface area contributed by atoms with E-state index in [1.807, 2.05) is 26.0 Å². The van der Waals surface area contributed by atoms with Gasteiger partial charge in [-0.1, -0.05) is 37.6 Å². The monoisotopic (exact) mass is 222 g/mol. The summed E-state index contributed by atoms with van der Waals surface area (Å²) in [5.41, 5.74) is 3.25. The van der Waals surface area contributed by atoms with Gasteiger partial charge in [0.1, 0.15) is 6.10 Å². The fourth-order valence-electron chi connectivity index (χ4n) is 2.02. The van der Waals surface area contributed by atoms with Gasteiger partial charge in [0.25, 0.3) is 0 Å². The molecule has 16 heavy (non-hydrogen) atoms. The van der Waals surface area contributed by atoms with E-state index in [1.54, 1.807) is 7.11 Å². The van der Waals surface area contributed by atoms with E-state index in [0.717, 1.165) is 11.1 Å². The van der Waals surface area contributed by atoms with Crippen molar-refractivity contribution in [2.45, 2.75) is 39.9 Å². The maximum atomic E-state index is 10.3. The first-order valence-corrected chi connectivity index (χ1v) is 5.75. The Bertz CT molecular complexity index is 345. The number of aryl methyl sites for hydroxylation is 2. The minimum Gasteiger partial charge on any atom is -0.386 e. The molecule has 2 heteroatoms. The summed E-state index contributed by atoms with van der Waals surface area (Å²) >= 11 is 0. The normalized spacial score (nSPS) is 15.2. The molecule has 0 aliphatic rings. The molecule has 2 atom stereocenters. The summed E-state index contributed by atoms with van der Waals surface area (Å²) in [6.45, 7) is 8.17. The molecule has 0 saturated carbocycles. The number of aliphatic hydroxyl groups excluding tert-OH is 1. The van der Waals surface area contributed by atoms with Gasteiger partial charge in [-0.15, -0.1) is 0 Å². The minimum atomic E-state index is -0.551. The maximum Gasteiger partial charge on any atom is 0.106 e. The Morgan fingerprint density at radius 1 is 1.19 bits per heavy atom. The smallest absolute Gasteiger partial charge is 0.106 e. The van der Waals surface area contributed by atoms with E-state index in [1.165, 1.54) is 5.56 Å². The molecule has 2 unspecified atom stereocenters. The molecule has 0 amide bonds. The van der Waals surface area contributed by atoms with Gasteiger partial charge in [-0.25, -0.2) is 0 Å². The van der Waals surface area contributed by atoms with Crippen LogP contribution in [0.25, 0.3) is 0 Å². The second-order valence-electron chi connectivity index (χ2n) is 4.75. The second-order valence-corrected chi connectivity index (χ2v) is 4.75. The quantitative estimate of drug-likeness (QED) is 0.848. The summed E-state index contributed by atoms with van der Waals surface area (Å²) in [4.78, 5) is 0. The van der Waals surface area contributed by atoms with Crippen LogP contribution in [-0.4, -0.2) is 18.3 Å². The zero-order chi connectivity index (χ0) is 12.3. The lowest BCUT2D eigenvalue weighted by Gasteiger charge is -2.26. The van der Waals surface area contributed by atoms with Crippen LogP contribution < -0.4 is 0 Å². The van der Waals surface area contributed by atoms with Crippen LogP contribution in [-0.2, 0) is 4.74 Å². The van der Waals surface area contributed by atoms with Crippen LogP contribution >= 0.6 is 0 Å². The van der Waals surface area contributed by atoms with E-state index in [-0.39, 0.29) is 6.10 Å². The van der Waals surface area contributed by atoms with Gasteiger partial charge in [0.2, 0.25) is 0 Å². The number of hydrogen-bond acceptors (Lipinski definition) is 2. The molecule has 1 N–H and O–H groups in total. The predicted octanol–water partition coefficient (Wildman–Crippen LogP) is 3.01. The summed E-state index contributed by atoms with van der Waals surface area (Å²) in [7, 11) is 1.65. The highest BCUT2D eigenvalue weighted by molar-refractivity contribution is 5.32. The topological polar surface area (TPSA) is 29.5 Å². The molecule has 0 bridgehead atoms. The standard InChI is InChI=1S/C14H22O2/c1-9(2)14(16-5)13(15)12-8-10(3)6-7-11(12)4/h6-9,13-15H,1-5H3. The molecular formula is C14H22O2. The molecule has 1 aromatic rings. The SMILES string of the molecule is COC(C(C)C)C(O)c1cc(C)ccc1C. The van der Waals surface area contributed by atoms with Gasteiger partial charge < -0.3 is 9.84 Å². The molecule has 0 fully saturated rings. The number of hydrogen-bond donors (Lipinski definition) is 1. The van der Waals surface area contributed by atoms with Gasteiger partial charge in [0.15, 0.2) is 0 Å². The Hall–Kier alpha value is -0.860. The van der Waals surface area contributed by atoms with E-state index < -0.39 is 6.10 Å². The van der Waals surface area contributed by atoms with Crippen molar-refractivity contribution in [2.75, 3.05) is 7.11 Å². The minimum absolute atomic E-state index is 0.152. The average molecular weight is 222 g/mol. The molecule has 1 aromatic carbocycles. The van der Waals surface area contributed by atoms with Crippen molar-refractivity contribution in [2.24, 2.45) is 5.92 Å². The van der Waals surface area contributed by atoms with Crippen LogP contribution in [0.3, 0.4) is 0 Å². The van der Waals surface area contributed by atoms with Gasteiger partial charge in [-0.3, -0.25) is 0 Å². The summed E-state index contributed by atoms with van der Waals surface area (Å²) in [5, 5.41) is 10.3. The molecule has 1 rings (SSSR count). The largest absolute Gasteiger partial charge is 0.386 e. The molecule has 0 radical (unpaired) electrons. The Morgan fingerprint density at radius 3 is 2.31 bits per heavy atom. The highest BCUT2D eigenvalue weighted by Gasteiger charge is 2.24. The van der Waals surface area contributed by atoms with Crippen molar-refractivity contribution in [3.8, 4) is 0 Å². The third-order valence-electron chi connectivity index (χ3n) is 2.99. The molecule has 0 saturated heterocycles. The van der Waals surface area contributed by atoms with Crippen molar-refractivity contribution >= 4 is 0 Å². The van der Waals surface area contributed by atoms with Gasteiger partial charge in [0.05, 0.1) is 6.10 Å². The summed E-state index contributed by atoms with van der Waals surface area (Å²) < 4.78 is 5.37.